The quantitative estimate of drug-likeness (QED) is 0.744. The van der Waals surface area contributed by atoms with Gasteiger partial charge in [0.15, 0.2) is 6.29 Å². The van der Waals surface area contributed by atoms with Crippen molar-refractivity contribution < 1.29 is 19.3 Å². The molecular weight excluding hydrogens is 340 g/mol. The Hall–Kier alpha value is -2.66. The van der Waals surface area contributed by atoms with Crippen LogP contribution in [0.1, 0.15) is 23.0 Å². The first-order valence-electron chi connectivity index (χ1n) is 8.96. The molecule has 1 heterocycles. The average Bonchev–Trinajstić information content (AvgIpc) is 3.25. The van der Waals surface area contributed by atoms with E-state index in [0.29, 0.717) is 0 Å². The van der Waals surface area contributed by atoms with E-state index in [4.69, 9.17) is 14.2 Å². The minimum absolute atomic E-state index is 0.289. The third-order valence-electron chi connectivity index (χ3n) is 4.97. The Kier molecular flexibility index (Phi) is 4.94. The molecule has 0 aromatic heterocycles. The van der Waals surface area contributed by atoms with Crippen LogP contribution < -0.4 is 4.74 Å². The molecule has 4 rings (SSSR count). The van der Waals surface area contributed by atoms with E-state index < -0.39 is 18.0 Å². The first-order chi connectivity index (χ1) is 13.2. The first-order valence-corrected chi connectivity index (χ1v) is 8.96. The molecule has 4 heteroatoms. The van der Waals surface area contributed by atoms with Crippen molar-refractivity contribution in [2.45, 2.75) is 18.0 Å². The van der Waals surface area contributed by atoms with Crippen LogP contribution in [0.2, 0.25) is 0 Å². The molecule has 0 spiro atoms. The van der Waals surface area contributed by atoms with Crippen molar-refractivity contribution in [2.24, 2.45) is 0 Å². The number of aliphatic hydroxyl groups is 1. The lowest BCUT2D eigenvalue weighted by molar-refractivity contribution is -0.109. The Labute approximate surface area is 158 Å². The summed E-state index contributed by atoms with van der Waals surface area (Å²) in [7, 11) is 1.63. The molecule has 0 radical (unpaired) electrons. The zero-order valence-electron chi connectivity index (χ0n) is 15.1. The van der Waals surface area contributed by atoms with Gasteiger partial charge in [-0.3, -0.25) is 0 Å². The molecule has 1 N–H and O–H groups in total. The van der Waals surface area contributed by atoms with Crippen LogP contribution in [0, 0.1) is 0 Å². The molecule has 1 aliphatic heterocycles. The molecular formula is C23H22O4. The first kappa shape index (κ1) is 17.7. The van der Waals surface area contributed by atoms with Gasteiger partial charge in [-0.25, -0.2) is 0 Å². The summed E-state index contributed by atoms with van der Waals surface area (Å²) >= 11 is 0. The SMILES string of the molecule is COc1ccc(C2OCC(C(O)(c3ccccc3)c3ccccc3)O2)cc1. The van der Waals surface area contributed by atoms with Crippen molar-refractivity contribution in [1.29, 1.82) is 0 Å². The third-order valence-corrected chi connectivity index (χ3v) is 4.97. The molecule has 1 fully saturated rings. The van der Waals surface area contributed by atoms with Gasteiger partial charge in [0.25, 0.3) is 0 Å². The Morgan fingerprint density at radius 1 is 0.852 bits per heavy atom. The summed E-state index contributed by atoms with van der Waals surface area (Å²) in [5.74, 6) is 0.776. The van der Waals surface area contributed by atoms with Crippen LogP contribution >= 0.6 is 0 Å². The molecule has 1 aliphatic rings. The van der Waals surface area contributed by atoms with Gasteiger partial charge in [0, 0.05) is 5.56 Å². The maximum atomic E-state index is 11.8. The fraction of sp³-hybridized carbons (Fsp3) is 0.217. The van der Waals surface area contributed by atoms with Gasteiger partial charge >= 0.3 is 0 Å². The molecule has 0 amide bonds. The van der Waals surface area contributed by atoms with Crippen molar-refractivity contribution in [2.75, 3.05) is 13.7 Å². The Morgan fingerprint density at radius 2 is 1.41 bits per heavy atom. The van der Waals surface area contributed by atoms with Gasteiger partial charge in [0.1, 0.15) is 17.5 Å². The van der Waals surface area contributed by atoms with Crippen molar-refractivity contribution >= 4 is 0 Å². The zero-order chi connectivity index (χ0) is 18.7. The van der Waals surface area contributed by atoms with Crippen LogP contribution in [0.25, 0.3) is 0 Å². The van der Waals surface area contributed by atoms with Crippen LogP contribution in [0.3, 0.4) is 0 Å². The molecule has 2 atom stereocenters. The number of hydrogen-bond donors (Lipinski definition) is 1. The molecule has 1 saturated heterocycles. The standard InChI is InChI=1S/C23H22O4/c1-25-20-14-12-17(13-15-20)22-26-16-21(27-22)23(24,18-8-4-2-5-9-18)19-10-6-3-7-11-19/h2-15,21-22,24H,16H2,1H3. The van der Waals surface area contributed by atoms with Crippen LogP contribution in [0.5, 0.6) is 5.75 Å². The van der Waals surface area contributed by atoms with Crippen LogP contribution in [-0.4, -0.2) is 24.9 Å². The molecule has 27 heavy (non-hydrogen) atoms. The Morgan fingerprint density at radius 3 is 1.93 bits per heavy atom. The lowest BCUT2D eigenvalue weighted by Crippen LogP contribution is -2.42. The Balaban J connectivity index is 1.66. The normalized spacial score (nSPS) is 19.8. The summed E-state index contributed by atoms with van der Waals surface area (Å²) in [6, 6.07) is 26.8. The zero-order valence-corrected chi connectivity index (χ0v) is 15.1. The van der Waals surface area contributed by atoms with Crippen LogP contribution in [0.15, 0.2) is 84.9 Å². The second-order valence-electron chi connectivity index (χ2n) is 6.56. The highest BCUT2D eigenvalue weighted by Crippen LogP contribution is 2.41. The van der Waals surface area contributed by atoms with Crippen LogP contribution in [0.4, 0.5) is 0 Å². The molecule has 2 unspecified atom stereocenters. The van der Waals surface area contributed by atoms with Gasteiger partial charge in [-0.1, -0.05) is 72.8 Å². The third kappa shape index (κ3) is 3.35. The van der Waals surface area contributed by atoms with E-state index in [1.165, 1.54) is 0 Å². The minimum atomic E-state index is -1.30. The average molecular weight is 362 g/mol. The monoisotopic (exact) mass is 362 g/mol. The van der Waals surface area contributed by atoms with Gasteiger partial charge in [0.05, 0.1) is 13.7 Å². The highest BCUT2D eigenvalue weighted by Gasteiger charge is 2.46. The van der Waals surface area contributed by atoms with Crippen molar-refractivity contribution in [3.8, 4) is 5.75 Å². The number of hydrogen-bond acceptors (Lipinski definition) is 4. The van der Waals surface area contributed by atoms with Gasteiger partial charge < -0.3 is 19.3 Å². The molecule has 3 aromatic rings. The molecule has 138 valence electrons. The smallest absolute Gasteiger partial charge is 0.184 e. The van der Waals surface area contributed by atoms with Gasteiger partial charge in [-0.2, -0.15) is 0 Å². The molecule has 0 aliphatic carbocycles. The van der Waals surface area contributed by atoms with E-state index in [1.807, 2.05) is 84.9 Å². The number of benzene rings is 3. The predicted octanol–water partition coefficient (Wildman–Crippen LogP) is 4.05. The minimum Gasteiger partial charge on any atom is -0.497 e. The van der Waals surface area contributed by atoms with E-state index in [1.54, 1.807) is 7.11 Å². The number of methoxy groups -OCH3 is 1. The number of ether oxygens (including phenoxy) is 3. The lowest BCUT2D eigenvalue weighted by atomic mass is 9.82. The number of rotatable bonds is 5. The van der Waals surface area contributed by atoms with Gasteiger partial charge in [-0.15, -0.1) is 0 Å². The van der Waals surface area contributed by atoms with E-state index in [9.17, 15) is 5.11 Å². The lowest BCUT2D eigenvalue weighted by Gasteiger charge is -2.34. The van der Waals surface area contributed by atoms with E-state index in [2.05, 4.69) is 0 Å². The topological polar surface area (TPSA) is 47.9 Å². The maximum Gasteiger partial charge on any atom is 0.184 e. The molecule has 0 bridgehead atoms. The van der Waals surface area contributed by atoms with Gasteiger partial charge in [0.2, 0.25) is 0 Å². The second-order valence-corrected chi connectivity index (χ2v) is 6.56. The fourth-order valence-corrected chi connectivity index (χ4v) is 3.48. The van der Waals surface area contributed by atoms with Crippen molar-refractivity contribution in [3.05, 3.63) is 102 Å². The molecule has 4 nitrogen and oxygen atoms in total. The van der Waals surface area contributed by atoms with Crippen molar-refractivity contribution in [3.63, 3.8) is 0 Å². The summed E-state index contributed by atoms with van der Waals surface area (Å²) in [6.07, 6.45) is -1.06. The van der Waals surface area contributed by atoms with E-state index in [0.717, 1.165) is 22.4 Å². The largest absolute Gasteiger partial charge is 0.497 e. The summed E-state index contributed by atoms with van der Waals surface area (Å²) in [6.45, 7) is 0.289. The van der Waals surface area contributed by atoms with Gasteiger partial charge in [-0.05, 0) is 23.3 Å². The highest BCUT2D eigenvalue weighted by atomic mass is 16.7. The predicted molar refractivity (Wildman–Crippen MR) is 102 cm³/mol. The molecule has 3 aromatic carbocycles. The van der Waals surface area contributed by atoms with E-state index >= 15 is 0 Å². The summed E-state index contributed by atoms with van der Waals surface area (Å²) in [5, 5.41) is 11.8. The van der Waals surface area contributed by atoms with Crippen molar-refractivity contribution in [1.82, 2.24) is 0 Å². The summed E-state index contributed by atoms with van der Waals surface area (Å²) < 4.78 is 17.3. The summed E-state index contributed by atoms with van der Waals surface area (Å²) in [5.41, 5.74) is 1.14. The summed E-state index contributed by atoms with van der Waals surface area (Å²) in [4.78, 5) is 0. The van der Waals surface area contributed by atoms with E-state index in [-0.39, 0.29) is 6.61 Å². The Bertz CT molecular complexity index is 822. The van der Waals surface area contributed by atoms with Crippen LogP contribution in [-0.2, 0) is 15.1 Å². The maximum absolute atomic E-state index is 11.8. The second kappa shape index (κ2) is 7.53. The fourth-order valence-electron chi connectivity index (χ4n) is 3.48. The molecule has 0 saturated carbocycles. The highest BCUT2D eigenvalue weighted by molar-refractivity contribution is 5.38.